The molecule has 116 valence electrons. The van der Waals surface area contributed by atoms with Crippen LogP contribution in [0.15, 0.2) is 21.5 Å². The summed E-state index contributed by atoms with van der Waals surface area (Å²) in [5, 5.41) is 5.31. The zero-order valence-corrected chi connectivity index (χ0v) is 14.6. The summed E-state index contributed by atoms with van der Waals surface area (Å²) in [6.45, 7) is 2.65. The Bertz CT molecular complexity index is 678. The number of nitrogens with two attached hydrogens (primary N) is 1. The molecule has 0 saturated carbocycles. The van der Waals surface area contributed by atoms with Crippen LogP contribution in [-0.2, 0) is 10.0 Å². The van der Waals surface area contributed by atoms with Gasteiger partial charge in [-0.3, -0.25) is 4.79 Å². The highest BCUT2D eigenvalue weighted by Gasteiger charge is 2.26. The van der Waals surface area contributed by atoms with Crippen molar-refractivity contribution >= 4 is 43.5 Å². The fourth-order valence-corrected chi connectivity index (χ4v) is 4.29. The molecular weight excluding hydrogens is 380 g/mol. The molecule has 1 unspecified atom stereocenters. The summed E-state index contributed by atoms with van der Waals surface area (Å²) in [6.07, 6.45) is 2.98. The number of sulfonamides is 1. The molecule has 1 aromatic carbocycles. The molecule has 1 amide bonds. The lowest BCUT2D eigenvalue weighted by Crippen LogP contribution is -2.42. The molecule has 1 aliphatic heterocycles. The van der Waals surface area contributed by atoms with Gasteiger partial charge < -0.3 is 4.90 Å². The molecule has 1 aliphatic rings. The van der Waals surface area contributed by atoms with E-state index in [0.29, 0.717) is 6.54 Å². The molecule has 1 saturated heterocycles. The number of hydrogen-bond donors (Lipinski definition) is 1. The highest BCUT2D eigenvalue weighted by Crippen LogP contribution is 2.31. The van der Waals surface area contributed by atoms with Gasteiger partial charge in [-0.1, -0.05) is 11.6 Å². The largest absolute Gasteiger partial charge is 0.336 e. The van der Waals surface area contributed by atoms with E-state index in [4.69, 9.17) is 16.7 Å². The van der Waals surface area contributed by atoms with Crippen molar-refractivity contribution in [1.82, 2.24) is 4.90 Å². The van der Waals surface area contributed by atoms with Gasteiger partial charge in [0, 0.05) is 18.2 Å². The molecule has 2 N–H and O–H groups in total. The zero-order valence-electron chi connectivity index (χ0n) is 11.5. The number of primary sulfonamides is 1. The molecule has 0 aromatic heterocycles. The van der Waals surface area contributed by atoms with E-state index in [1.807, 2.05) is 6.92 Å². The number of likely N-dealkylation sites (tertiary alicyclic amines) is 1. The Hall–Kier alpha value is -0.630. The van der Waals surface area contributed by atoms with Crippen LogP contribution in [0, 0.1) is 0 Å². The fourth-order valence-electron chi connectivity index (χ4n) is 2.46. The first-order valence-electron chi connectivity index (χ1n) is 6.54. The average Bonchev–Trinajstić information content (AvgIpc) is 2.40. The van der Waals surface area contributed by atoms with E-state index in [2.05, 4.69) is 15.9 Å². The van der Waals surface area contributed by atoms with Crippen molar-refractivity contribution in [3.05, 3.63) is 27.2 Å². The smallest absolute Gasteiger partial charge is 0.254 e. The van der Waals surface area contributed by atoms with E-state index in [1.165, 1.54) is 12.1 Å². The Kier molecular flexibility index (Phi) is 4.97. The molecular formula is C13H16BrClN2O3S. The summed E-state index contributed by atoms with van der Waals surface area (Å²) < 4.78 is 23.3. The van der Waals surface area contributed by atoms with Crippen molar-refractivity contribution < 1.29 is 13.2 Å². The van der Waals surface area contributed by atoms with Crippen molar-refractivity contribution in [3.8, 4) is 0 Å². The van der Waals surface area contributed by atoms with Crippen molar-refractivity contribution in [1.29, 1.82) is 0 Å². The van der Waals surface area contributed by atoms with Crippen LogP contribution in [0.1, 0.15) is 36.5 Å². The molecule has 1 atom stereocenters. The standard InChI is InChI=1S/C13H16BrClN2O3S/c1-8-4-2-3-5-17(8)13(18)9-6-10(15)12(14)11(7-9)21(16,19)20/h6-8H,2-5H2,1H3,(H2,16,19,20). The van der Waals surface area contributed by atoms with E-state index in [9.17, 15) is 13.2 Å². The van der Waals surface area contributed by atoms with Gasteiger partial charge in [0.25, 0.3) is 5.91 Å². The molecule has 5 nitrogen and oxygen atoms in total. The van der Waals surface area contributed by atoms with Crippen molar-refractivity contribution in [2.24, 2.45) is 5.14 Å². The number of nitrogens with zero attached hydrogens (tertiary/aromatic N) is 1. The van der Waals surface area contributed by atoms with E-state index in [0.717, 1.165) is 19.3 Å². The zero-order chi connectivity index (χ0) is 15.8. The van der Waals surface area contributed by atoms with Crippen molar-refractivity contribution in [3.63, 3.8) is 0 Å². The summed E-state index contributed by atoms with van der Waals surface area (Å²) >= 11 is 9.10. The summed E-state index contributed by atoms with van der Waals surface area (Å²) in [7, 11) is -3.96. The maximum atomic E-state index is 12.6. The topological polar surface area (TPSA) is 80.5 Å². The van der Waals surface area contributed by atoms with E-state index in [-0.39, 0.29) is 31.9 Å². The van der Waals surface area contributed by atoms with Crippen LogP contribution >= 0.6 is 27.5 Å². The number of piperidine rings is 1. The Morgan fingerprint density at radius 3 is 2.67 bits per heavy atom. The van der Waals surface area contributed by atoms with Crippen molar-refractivity contribution in [2.75, 3.05) is 6.54 Å². The molecule has 1 aromatic rings. The van der Waals surface area contributed by atoms with Gasteiger partial charge in [0.2, 0.25) is 10.0 Å². The molecule has 21 heavy (non-hydrogen) atoms. The van der Waals surface area contributed by atoms with Gasteiger partial charge in [-0.25, -0.2) is 13.6 Å². The Balaban J connectivity index is 2.45. The maximum Gasteiger partial charge on any atom is 0.254 e. The minimum atomic E-state index is -3.96. The minimum Gasteiger partial charge on any atom is -0.336 e. The summed E-state index contributed by atoms with van der Waals surface area (Å²) in [6, 6.07) is 2.87. The molecule has 2 rings (SSSR count). The second-order valence-electron chi connectivity index (χ2n) is 5.16. The number of halogens is 2. The highest BCUT2D eigenvalue weighted by atomic mass is 79.9. The lowest BCUT2D eigenvalue weighted by molar-refractivity contribution is 0.0635. The number of carbonyl (C=O) groups is 1. The number of carbonyl (C=O) groups excluding carboxylic acids is 1. The summed E-state index contributed by atoms with van der Waals surface area (Å²) in [5.74, 6) is -0.221. The summed E-state index contributed by atoms with van der Waals surface area (Å²) in [4.78, 5) is 14.1. The molecule has 1 heterocycles. The van der Waals surface area contributed by atoms with E-state index >= 15 is 0 Å². The summed E-state index contributed by atoms with van der Waals surface area (Å²) in [5.41, 5.74) is 0.237. The quantitative estimate of drug-likeness (QED) is 0.836. The predicted molar refractivity (Wildman–Crippen MR) is 84.9 cm³/mol. The average molecular weight is 396 g/mol. The first-order chi connectivity index (χ1) is 9.71. The lowest BCUT2D eigenvalue weighted by Gasteiger charge is -2.33. The SMILES string of the molecule is CC1CCCCN1C(=O)c1cc(Cl)c(Br)c(S(N)(=O)=O)c1. The number of amides is 1. The minimum absolute atomic E-state index is 0.131. The first kappa shape index (κ1) is 16.7. The Labute approximate surface area is 137 Å². The Morgan fingerprint density at radius 2 is 2.10 bits per heavy atom. The van der Waals surface area contributed by atoms with Gasteiger partial charge in [0.15, 0.2) is 0 Å². The highest BCUT2D eigenvalue weighted by molar-refractivity contribution is 9.10. The van der Waals surface area contributed by atoms with Gasteiger partial charge in [0.05, 0.1) is 14.4 Å². The molecule has 0 aliphatic carbocycles. The van der Waals surface area contributed by atoms with Crippen molar-refractivity contribution in [2.45, 2.75) is 37.1 Å². The van der Waals surface area contributed by atoms with Gasteiger partial charge in [-0.05, 0) is 54.2 Å². The molecule has 0 bridgehead atoms. The number of hydrogen-bond acceptors (Lipinski definition) is 3. The molecule has 0 radical (unpaired) electrons. The van der Waals surface area contributed by atoms with Gasteiger partial charge in [-0.2, -0.15) is 0 Å². The third-order valence-corrected chi connectivity index (χ3v) is 6.19. The Morgan fingerprint density at radius 1 is 1.43 bits per heavy atom. The molecule has 0 spiro atoms. The van der Waals surface area contributed by atoms with Crippen LogP contribution < -0.4 is 5.14 Å². The normalized spacial score (nSPS) is 19.6. The maximum absolute atomic E-state index is 12.6. The third kappa shape index (κ3) is 3.59. The van der Waals surface area contributed by atoms with Gasteiger partial charge in [-0.15, -0.1) is 0 Å². The van der Waals surface area contributed by atoms with Gasteiger partial charge in [0.1, 0.15) is 0 Å². The fraction of sp³-hybridized carbons (Fsp3) is 0.462. The van der Waals surface area contributed by atoms with Crippen LogP contribution in [-0.4, -0.2) is 31.8 Å². The number of rotatable bonds is 2. The molecule has 8 heteroatoms. The third-order valence-electron chi connectivity index (χ3n) is 3.61. The number of benzene rings is 1. The monoisotopic (exact) mass is 394 g/mol. The second-order valence-corrected chi connectivity index (χ2v) is 7.89. The predicted octanol–water partition coefficient (Wildman–Crippen LogP) is 2.76. The lowest BCUT2D eigenvalue weighted by atomic mass is 10.0. The van der Waals surface area contributed by atoms with Crippen LogP contribution in [0.25, 0.3) is 0 Å². The van der Waals surface area contributed by atoms with E-state index in [1.54, 1.807) is 4.90 Å². The first-order valence-corrected chi connectivity index (χ1v) is 9.26. The van der Waals surface area contributed by atoms with Crippen LogP contribution in [0.4, 0.5) is 0 Å². The van der Waals surface area contributed by atoms with Crippen LogP contribution in [0.2, 0.25) is 5.02 Å². The van der Waals surface area contributed by atoms with Crippen LogP contribution in [0.5, 0.6) is 0 Å². The van der Waals surface area contributed by atoms with Gasteiger partial charge >= 0.3 is 0 Å². The second kappa shape index (κ2) is 6.24. The van der Waals surface area contributed by atoms with E-state index < -0.39 is 10.0 Å². The van der Waals surface area contributed by atoms with Crippen LogP contribution in [0.3, 0.4) is 0 Å². The molecule has 1 fully saturated rings.